The number of nitrogens with zero attached hydrogens (tertiary/aromatic N) is 3. The molecule has 0 radical (unpaired) electrons. The van der Waals surface area contributed by atoms with Crippen molar-refractivity contribution in [3.63, 3.8) is 0 Å². The van der Waals surface area contributed by atoms with Gasteiger partial charge < -0.3 is 25.4 Å². The van der Waals surface area contributed by atoms with E-state index in [0.29, 0.717) is 34.6 Å². The van der Waals surface area contributed by atoms with Gasteiger partial charge in [0.15, 0.2) is 11.6 Å². The maximum Gasteiger partial charge on any atom is 0.263 e. The number of likely N-dealkylation sites (N-methyl/N-ethyl adjacent to an activating group) is 1. The summed E-state index contributed by atoms with van der Waals surface area (Å²) in [6, 6.07) is 18.3. The van der Waals surface area contributed by atoms with E-state index in [2.05, 4.69) is 25.3 Å². The molecule has 13 heteroatoms. The van der Waals surface area contributed by atoms with Gasteiger partial charge in [0.2, 0.25) is 5.91 Å². The van der Waals surface area contributed by atoms with Gasteiger partial charge in [0, 0.05) is 24.0 Å². The van der Waals surface area contributed by atoms with E-state index in [1.54, 1.807) is 56.4 Å². The molecule has 1 amide bonds. The zero-order chi connectivity index (χ0) is 28.0. The number of hydrogen-bond acceptors (Lipinski definition) is 9. The first-order valence-corrected chi connectivity index (χ1v) is 13.6. The third kappa shape index (κ3) is 7.57. The molecule has 0 aliphatic rings. The third-order valence-corrected chi connectivity index (χ3v) is 7.02. The van der Waals surface area contributed by atoms with E-state index in [9.17, 15) is 18.3 Å². The van der Waals surface area contributed by atoms with Crippen molar-refractivity contribution in [2.24, 2.45) is 0 Å². The topological polar surface area (TPSA) is 146 Å². The molecule has 0 saturated heterocycles. The van der Waals surface area contributed by atoms with Gasteiger partial charge in [-0.3, -0.25) is 9.52 Å². The second kappa shape index (κ2) is 13.4. The SMILES string of the molecule is COc1ccc(CCO)c(Nc2nc3ccccc3nc2NS(=O)(=O)c2ccc(NC(=O)CN(C)C)cc2)c1.Cl. The lowest BCUT2D eigenvalue weighted by Crippen LogP contribution is -2.27. The molecule has 40 heavy (non-hydrogen) atoms. The number of carbonyl (C=O) groups excluding carboxylic acids is 1. The van der Waals surface area contributed by atoms with E-state index < -0.39 is 10.0 Å². The lowest BCUT2D eigenvalue weighted by atomic mass is 10.1. The molecule has 4 N–H and O–H groups in total. The molecule has 3 aromatic carbocycles. The fourth-order valence-electron chi connectivity index (χ4n) is 3.81. The summed E-state index contributed by atoms with van der Waals surface area (Å²) in [7, 11) is 1.03. The van der Waals surface area contributed by atoms with Crippen molar-refractivity contribution < 1.29 is 23.1 Å². The van der Waals surface area contributed by atoms with Crippen LogP contribution < -0.4 is 20.1 Å². The largest absolute Gasteiger partial charge is 0.497 e. The third-order valence-electron chi connectivity index (χ3n) is 5.66. The number of hydrogen-bond donors (Lipinski definition) is 4. The number of benzene rings is 3. The summed E-state index contributed by atoms with van der Waals surface area (Å²) in [5.74, 6) is 0.536. The van der Waals surface area contributed by atoms with Crippen molar-refractivity contribution in [3.05, 3.63) is 72.3 Å². The molecule has 0 aliphatic carbocycles. The standard InChI is InChI=1S/C27H30N6O5S.ClH/c1-33(2)17-25(35)28-19-9-12-21(13-10-19)39(36,37)32-27-26(29-22-6-4-5-7-23(22)30-27)31-24-16-20(38-3)11-8-18(24)14-15-34;/h4-13,16,34H,14-15,17H2,1-3H3,(H,28,35)(H,29,31)(H,30,32);1H. The summed E-state index contributed by atoms with van der Waals surface area (Å²) in [5.41, 5.74) is 2.91. The highest BCUT2D eigenvalue weighted by Gasteiger charge is 2.20. The van der Waals surface area contributed by atoms with Crippen LogP contribution in [0.2, 0.25) is 0 Å². The molecule has 212 valence electrons. The van der Waals surface area contributed by atoms with Crippen molar-refractivity contribution in [1.29, 1.82) is 0 Å². The summed E-state index contributed by atoms with van der Waals surface area (Å²) < 4.78 is 34.6. The van der Waals surface area contributed by atoms with Crippen molar-refractivity contribution in [1.82, 2.24) is 14.9 Å². The molecule has 0 atom stereocenters. The fourth-order valence-corrected chi connectivity index (χ4v) is 4.82. The number of aromatic nitrogens is 2. The number of aliphatic hydroxyl groups excluding tert-OH is 1. The molecule has 0 saturated carbocycles. The van der Waals surface area contributed by atoms with E-state index in [1.165, 1.54) is 24.3 Å². The Morgan fingerprint density at radius 1 is 0.975 bits per heavy atom. The van der Waals surface area contributed by atoms with Gasteiger partial charge in [-0.05, 0) is 68.5 Å². The smallest absolute Gasteiger partial charge is 0.263 e. The van der Waals surface area contributed by atoms with Crippen molar-refractivity contribution in [3.8, 4) is 5.75 Å². The van der Waals surface area contributed by atoms with Crippen LogP contribution in [0, 0.1) is 0 Å². The number of methoxy groups -OCH3 is 1. The Kier molecular flexibility index (Phi) is 10.2. The number of carbonyl (C=O) groups is 1. The van der Waals surface area contributed by atoms with Gasteiger partial charge in [-0.25, -0.2) is 18.4 Å². The molecule has 0 fully saturated rings. The van der Waals surface area contributed by atoms with Crippen LogP contribution in [0.15, 0.2) is 71.6 Å². The molecule has 0 unspecified atom stereocenters. The number of para-hydroxylation sites is 2. The number of amides is 1. The number of halogens is 1. The van der Waals surface area contributed by atoms with E-state index in [1.807, 2.05) is 12.1 Å². The van der Waals surface area contributed by atoms with Crippen LogP contribution in [0.5, 0.6) is 5.75 Å². The van der Waals surface area contributed by atoms with E-state index in [0.717, 1.165) is 5.56 Å². The normalized spacial score (nSPS) is 11.1. The van der Waals surface area contributed by atoms with Crippen LogP contribution in [0.1, 0.15) is 5.56 Å². The quantitative estimate of drug-likeness (QED) is 0.207. The van der Waals surface area contributed by atoms with E-state index >= 15 is 0 Å². The summed E-state index contributed by atoms with van der Waals surface area (Å²) in [5, 5.41) is 15.4. The number of rotatable bonds is 11. The Balaban J connectivity index is 0.00000441. The molecule has 0 aliphatic heterocycles. The highest BCUT2D eigenvalue weighted by atomic mass is 35.5. The van der Waals surface area contributed by atoms with Gasteiger partial charge in [-0.15, -0.1) is 12.4 Å². The van der Waals surface area contributed by atoms with Crippen LogP contribution in [0.25, 0.3) is 11.0 Å². The molecule has 1 aromatic heterocycles. The lowest BCUT2D eigenvalue weighted by molar-refractivity contribution is -0.116. The van der Waals surface area contributed by atoms with Crippen LogP contribution >= 0.6 is 12.4 Å². The highest BCUT2D eigenvalue weighted by molar-refractivity contribution is 7.92. The number of ether oxygens (including phenoxy) is 1. The monoisotopic (exact) mass is 586 g/mol. The maximum atomic E-state index is 13.3. The summed E-state index contributed by atoms with van der Waals surface area (Å²) in [6.07, 6.45) is 0.367. The van der Waals surface area contributed by atoms with Crippen LogP contribution in [0.3, 0.4) is 0 Å². The fraction of sp³-hybridized carbons (Fsp3) is 0.222. The highest BCUT2D eigenvalue weighted by Crippen LogP contribution is 2.31. The Hall–Kier alpha value is -3.97. The minimum Gasteiger partial charge on any atom is -0.497 e. The van der Waals surface area contributed by atoms with Crippen molar-refractivity contribution >= 4 is 62.4 Å². The zero-order valence-electron chi connectivity index (χ0n) is 22.2. The first-order valence-electron chi connectivity index (χ1n) is 12.1. The Bertz CT molecular complexity index is 1580. The van der Waals surface area contributed by atoms with Gasteiger partial charge in [0.05, 0.1) is 29.6 Å². The van der Waals surface area contributed by atoms with Crippen LogP contribution in [0.4, 0.5) is 23.0 Å². The molecular weight excluding hydrogens is 556 g/mol. The minimum absolute atomic E-state index is 0. The predicted octanol–water partition coefficient (Wildman–Crippen LogP) is 3.64. The molecule has 4 aromatic rings. The Morgan fingerprint density at radius 2 is 1.62 bits per heavy atom. The summed E-state index contributed by atoms with van der Waals surface area (Å²) in [4.78, 5) is 22.9. The van der Waals surface area contributed by atoms with Crippen molar-refractivity contribution in [2.45, 2.75) is 11.3 Å². The number of anilines is 4. The van der Waals surface area contributed by atoms with Gasteiger partial charge in [0.1, 0.15) is 5.75 Å². The molecule has 0 bridgehead atoms. The van der Waals surface area contributed by atoms with Gasteiger partial charge in [-0.2, -0.15) is 0 Å². The number of sulfonamides is 1. The Morgan fingerprint density at radius 3 is 2.23 bits per heavy atom. The lowest BCUT2D eigenvalue weighted by Gasteiger charge is -2.17. The predicted molar refractivity (Wildman–Crippen MR) is 158 cm³/mol. The summed E-state index contributed by atoms with van der Waals surface area (Å²) >= 11 is 0. The Labute approximate surface area is 239 Å². The molecule has 1 heterocycles. The van der Waals surface area contributed by atoms with E-state index in [4.69, 9.17) is 4.74 Å². The number of nitrogens with one attached hydrogen (secondary N) is 3. The average molecular weight is 587 g/mol. The van der Waals surface area contributed by atoms with E-state index in [-0.39, 0.29) is 48.0 Å². The minimum atomic E-state index is -4.07. The first kappa shape index (κ1) is 30.6. The maximum absolute atomic E-state index is 13.3. The van der Waals surface area contributed by atoms with Crippen molar-refractivity contribution in [2.75, 3.05) is 49.7 Å². The second-order valence-electron chi connectivity index (χ2n) is 8.95. The average Bonchev–Trinajstić information content (AvgIpc) is 2.89. The first-order chi connectivity index (χ1) is 18.7. The zero-order valence-corrected chi connectivity index (χ0v) is 23.8. The number of fused-ring (bicyclic) bond motifs is 1. The molecule has 4 rings (SSSR count). The van der Waals surface area contributed by atoms with Gasteiger partial charge in [-0.1, -0.05) is 18.2 Å². The van der Waals surface area contributed by atoms with Crippen LogP contribution in [-0.2, 0) is 21.2 Å². The number of aliphatic hydroxyl groups is 1. The molecular formula is C27H31ClN6O5S. The van der Waals surface area contributed by atoms with Gasteiger partial charge in [0.25, 0.3) is 10.0 Å². The summed E-state index contributed by atoms with van der Waals surface area (Å²) in [6.45, 7) is 0.126. The molecule has 0 spiro atoms. The van der Waals surface area contributed by atoms with Gasteiger partial charge >= 0.3 is 0 Å². The second-order valence-corrected chi connectivity index (χ2v) is 10.6. The van der Waals surface area contributed by atoms with Crippen LogP contribution in [-0.4, -0.2) is 68.7 Å². The molecule has 11 nitrogen and oxygen atoms in total.